The number of hydrogen-bond donors (Lipinski definition) is 0. The lowest BCUT2D eigenvalue weighted by atomic mass is 10.1. The smallest absolute Gasteiger partial charge is 0.253 e. The van der Waals surface area contributed by atoms with Gasteiger partial charge in [-0.15, -0.1) is 0 Å². The molecule has 8 heteroatoms. The molecule has 7 nitrogen and oxygen atoms in total. The molecule has 0 atom stereocenters. The van der Waals surface area contributed by atoms with E-state index in [0.29, 0.717) is 29.3 Å². The average Bonchev–Trinajstić information content (AvgIpc) is 2.83. The molecule has 1 amide bonds. The van der Waals surface area contributed by atoms with Crippen molar-refractivity contribution in [3.63, 3.8) is 0 Å². The van der Waals surface area contributed by atoms with E-state index in [2.05, 4.69) is 0 Å². The van der Waals surface area contributed by atoms with Gasteiger partial charge in [0.05, 0.1) is 32.7 Å². The van der Waals surface area contributed by atoms with E-state index in [-0.39, 0.29) is 12.5 Å². The number of anilines is 1. The fourth-order valence-electron chi connectivity index (χ4n) is 3.83. The number of amides is 1. The van der Waals surface area contributed by atoms with Crippen molar-refractivity contribution in [1.82, 2.24) is 4.90 Å². The van der Waals surface area contributed by atoms with E-state index in [1.54, 1.807) is 50.4 Å². The van der Waals surface area contributed by atoms with Gasteiger partial charge in [-0.25, -0.2) is 8.42 Å². The second-order valence-corrected chi connectivity index (χ2v) is 10.5. The molecule has 0 saturated carbocycles. The van der Waals surface area contributed by atoms with Gasteiger partial charge in [0.15, 0.2) is 11.5 Å². The van der Waals surface area contributed by atoms with Crippen LogP contribution in [0.25, 0.3) is 0 Å². The van der Waals surface area contributed by atoms with Gasteiger partial charge >= 0.3 is 0 Å². The number of carbonyl (C=O) groups excluding carboxylic acids is 1. The van der Waals surface area contributed by atoms with E-state index in [1.807, 2.05) is 50.2 Å². The van der Waals surface area contributed by atoms with E-state index in [9.17, 15) is 13.2 Å². The van der Waals surface area contributed by atoms with Crippen LogP contribution in [0.5, 0.6) is 11.5 Å². The number of hydrogen-bond acceptors (Lipinski definition) is 5. The van der Waals surface area contributed by atoms with E-state index in [1.165, 1.54) is 10.6 Å². The summed E-state index contributed by atoms with van der Waals surface area (Å²) in [6.07, 6.45) is 1.20. The van der Waals surface area contributed by atoms with E-state index in [4.69, 9.17) is 9.47 Å². The number of rotatable bonds is 9. The molecule has 0 unspecified atom stereocenters. The second kappa shape index (κ2) is 10.8. The fourth-order valence-corrected chi connectivity index (χ4v) is 4.77. The van der Waals surface area contributed by atoms with Crippen LogP contribution >= 0.6 is 0 Å². The van der Waals surface area contributed by atoms with Crippen LogP contribution in [0.15, 0.2) is 60.7 Å². The molecule has 0 heterocycles. The summed E-state index contributed by atoms with van der Waals surface area (Å²) in [6, 6.07) is 18.3. The van der Waals surface area contributed by atoms with Crippen molar-refractivity contribution < 1.29 is 22.7 Å². The Morgan fingerprint density at radius 1 is 0.829 bits per heavy atom. The molecule has 3 aromatic rings. The molecular weight excluding hydrogens is 464 g/mol. The van der Waals surface area contributed by atoms with Crippen molar-refractivity contribution >= 4 is 21.6 Å². The van der Waals surface area contributed by atoms with Crippen molar-refractivity contribution in [1.29, 1.82) is 0 Å². The number of aryl methyl sites for hydroxylation is 2. The zero-order valence-corrected chi connectivity index (χ0v) is 21.8. The summed E-state index contributed by atoms with van der Waals surface area (Å²) in [4.78, 5) is 14.6. The van der Waals surface area contributed by atoms with E-state index >= 15 is 0 Å². The standard InChI is InChI=1S/C27H32N2O5S/c1-19-7-8-20(2)24(15-19)29(35(6,31)32)18-21-9-12-23(13-10-21)27(30)28(3)17-22-11-14-25(33-4)26(16-22)34-5/h7-16H,17-18H2,1-6H3. The number of carbonyl (C=O) groups is 1. The molecule has 0 radical (unpaired) electrons. The van der Waals surface area contributed by atoms with E-state index < -0.39 is 10.0 Å². The monoisotopic (exact) mass is 496 g/mol. The van der Waals surface area contributed by atoms with Crippen LogP contribution in [0.3, 0.4) is 0 Å². The van der Waals surface area contributed by atoms with Gasteiger partial charge in [0, 0.05) is 19.2 Å². The molecule has 186 valence electrons. The highest BCUT2D eigenvalue weighted by molar-refractivity contribution is 7.92. The zero-order valence-electron chi connectivity index (χ0n) is 21.0. The number of benzene rings is 3. The predicted octanol–water partition coefficient (Wildman–Crippen LogP) is 4.56. The Bertz CT molecular complexity index is 1300. The molecule has 0 aromatic heterocycles. The normalized spacial score (nSPS) is 11.1. The van der Waals surface area contributed by atoms with Crippen LogP contribution in [0.4, 0.5) is 5.69 Å². The first kappa shape index (κ1) is 26.1. The molecule has 0 saturated heterocycles. The molecule has 0 bridgehead atoms. The van der Waals surface area contributed by atoms with Crippen LogP contribution in [-0.4, -0.2) is 46.7 Å². The second-order valence-electron chi connectivity index (χ2n) is 8.61. The Morgan fingerprint density at radius 3 is 2.06 bits per heavy atom. The molecule has 0 fully saturated rings. The maximum atomic E-state index is 13.0. The molecule has 0 aliphatic carbocycles. The summed E-state index contributed by atoms with van der Waals surface area (Å²) in [5, 5.41) is 0. The molecule has 0 N–H and O–H groups in total. The Balaban J connectivity index is 1.76. The van der Waals surface area contributed by atoms with Crippen molar-refractivity contribution in [2.24, 2.45) is 0 Å². The van der Waals surface area contributed by atoms with Crippen LogP contribution < -0.4 is 13.8 Å². The SMILES string of the molecule is COc1ccc(CN(C)C(=O)c2ccc(CN(c3cc(C)ccc3C)S(C)(=O)=O)cc2)cc1OC. The average molecular weight is 497 g/mol. The third-order valence-electron chi connectivity index (χ3n) is 5.78. The zero-order chi connectivity index (χ0) is 25.8. The first-order valence-electron chi connectivity index (χ1n) is 11.1. The Kier molecular flexibility index (Phi) is 8.07. The van der Waals surface area contributed by atoms with Gasteiger partial charge in [-0.05, 0) is 66.4 Å². The van der Waals surface area contributed by atoms with Crippen LogP contribution in [0.2, 0.25) is 0 Å². The molecule has 0 aliphatic heterocycles. The first-order valence-corrected chi connectivity index (χ1v) is 13.0. The number of nitrogens with zero attached hydrogens (tertiary/aromatic N) is 2. The molecule has 3 rings (SSSR count). The molecule has 0 spiro atoms. The van der Waals surface area contributed by atoms with Gasteiger partial charge in [-0.1, -0.05) is 30.3 Å². The lowest BCUT2D eigenvalue weighted by Crippen LogP contribution is -2.30. The quantitative estimate of drug-likeness (QED) is 0.434. The highest BCUT2D eigenvalue weighted by Gasteiger charge is 2.20. The minimum absolute atomic E-state index is 0.138. The number of ether oxygens (including phenoxy) is 2. The minimum atomic E-state index is -3.50. The Hall–Kier alpha value is -3.52. The van der Waals surface area contributed by atoms with Crippen molar-refractivity contribution in [3.05, 3.63) is 88.5 Å². The van der Waals surface area contributed by atoms with Crippen LogP contribution in [0, 0.1) is 13.8 Å². The van der Waals surface area contributed by atoms with Crippen molar-refractivity contribution in [2.45, 2.75) is 26.9 Å². The maximum Gasteiger partial charge on any atom is 0.253 e. The Morgan fingerprint density at radius 2 is 1.46 bits per heavy atom. The number of sulfonamides is 1. The van der Waals surface area contributed by atoms with Gasteiger partial charge < -0.3 is 14.4 Å². The minimum Gasteiger partial charge on any atom is -0.493 e. The van der Waals surface area contributed by atoms with Gasteiger partial charge in [-0.2, -0.15) is 0 Å². The summed E-state index contributed by atoms with van der Waals surface area (Å²) < 4.78 is 37.2. The lowest BCUT2D eigenvalue weighted by molar-refractivity contribution is 0.0785. The summed E-state index contributed by atoms with van der Waals surface area (Å²) in [6.45, 7) is 4.40. The highest BCUT2D eigenvalue weighted by atomic mass is 32.2. The fraction of sp³-hybridized carbons (Fsp3) is 0.296. The molecular formula is C27H32N2O5S. The molecule has 35 heavy (non-hydrogen) atoms. The lowest BCUT2D eigenvalue weighted by Gasteiger charge is -2.25. The topological polar surface area (TPSA) is 76.2 Å². The summed E-state index contributed by atoms with van der Waals surface area (Å²) in [7, 11) is 1.38. The van der Waals surface area contributed by atoms with Gasteiger partial charge in [-0.3, -0.25) is 9.10 Å². The summed E-state index contributed by atoms with van der Waals surface area (Å²) >= 11 is 0. The highest BCUT2D eigenvalue weighted by Crippen LogP contribution is 2.28. The summed E-state index contributed by atoms with van der Waals surface area (Å²) in [5.74, 6) is 1.10. The molecule has 3 aromatic carbocycles. The number of methoxy groups -OCH3 is 2. The predicted molar refractivity (Wildman–Crippen MR) is 139 cm³/mol. The van der Waals surface area contributed by atoms with Crippen molar-refractivity contribution in [3.8, 4) is 11.5 Å². The maximum absolute atomic E-state index is 13.0. The van der Waals surface area contributed by atoms with E-state index in [0.717, 1.165) is 22.3 Å². The third kappa shape index (κ3) is 6.33. The first-order chi connectivity index (χ1) is 16.5. The van der Waals surface area contributed by atoms with Gasteiger partial charge in [0.2, 0.25) is 10.0 Å². The van der Waals surface area contributed by atoms with Gasteiger partial charge in [0.1, 0.15) is 0 Å². The van der Waals surface area contributed by atoms with Gasteiger partial charge in [0.25, 0.3) is 5.91 Å². The molecule has 0 aliphatic rings. The summed E-state index contributed by atoms with van der Waals surface area (Å²) in [5.41, 5.74) is 4.74. The van der Waals surface area contributed by atoms with Crippen LogP contribution in [0.1, 0.15) is 32.6 Å². The Labute approximate surface area is 207 Å². The van der Waals surface area contributed by atoms with Crippen LogP contribution in [-0.2, 0) is 23.1 Å². The third-order valence-corrected chi connectivity index (χ3v) is 6.90. The van der Waals surface area contributed by atoms with Crippen molar-refractivity contribution in [2.75, 3.05) is 31.8 Å². The largest absolute Gasteiger partial charge is 0.493 e.